The molecule has 1 spiro atoms. The number of carbonyl (C=O) groups excluding carboxylic acids is 1. The Morgan fingerprint density at radius 3 is 2.37 bits per heavy atom. The maximum Gasteiger partial charge on any atom is 0.254 e. The average molecular weight is 374 g/mol. The Bertz CT molecular complexity index is 677. The lowest BCUT2D eigenvalue weighted by Gasteiger charge is -2.35. The van der Waals surface area contributed by atoms with Crippen molar-refractivity contribution >= 4 is 11.9 Å². The van der Waals surface area contributed by atoms with E-state index in [1.807, 2.05) is 57.1 Å². The highest BCUT2D eigenvalue weighted by Crippen LogP contribution is 2.30. The molecule has 2 heterocycles. The fourth-order valence-electron chi connectivity index (χ4n) is 3.38. The number of guanidine groups is 1. The highest BCUT2D eigenvalue weighted by atomic mass is 16.5. The van der Waals surface area contributed by atoms with E-state index >= 15 is 0 Å². The highest BCUT2D eigenvalue weighted by molar-refractivity contribution is 6.07. The molecule has 1 N–H and O–H groups in total. The Balaban J connectivity index is 1.43. The summed E-state index contributed by atoms with van der Waals surface area (Å²) in [6, 6.07) is 7.73. The van der Waals surface area contributed by atoms with Crippen molar-refractivity contribution in [1.82, 2.24) is 15.1 Å². The Labute approximate surface area is 161 Å². The maximum atomic E-state index is 12.4. The second kappa shape index (κ2) is 8.17. The molecular formula is C20H30N4O3. The van der Waals surface area contributed by atoms with Crippen LogP contribution in [0.4, 0.5) is 0 Å². The van der Waals surface area contributed by atoms with Gasteiger partial charge in [0.05, 0.1) is 6.10 Å². The minimum absolute atomic E-state index is 0.0332. The summed E-state index contributed by atoms with van der Waals surface area (Å²) < 4.78 is 11.5. The summed E-state index contributed by atoms with van der Waals surface area (Å²) in [5, 5.41) is 2.89. The number of piperidine rings is 1. The number of benzene rings is 1. The first-order valence-electron chi connectivity index (χ1n) is 9.58. The van der Waals surface area contributed by atoms with Crippen LogP contribution < -0.4 is 14.8 Å². The van der Waals surface area contributed by atoms with E-state index in [-0.39, 0.29) is 12.0 Å². The van der Waals surface area contributed by atoms with Crippen molar-refractivity contribution in [2.45, 2.75) is 38.3 Å². The van der Waals surface area contributed by atoms with Crippen molar-refractivity contribution in [2.75, 3.05) is 40.3 Å². The van der Waals surface area contributed by atoms with Crippen molar-refractivity contribution < 1.29 is 14.3 Å². The number of nitrogens with zero attached hydrogens (tertiary/aromatic N) is 3. The first-order valence-corrected chi connectivity index (χ1v) is 9.58. The molecule has 1 aromatic carbocycles. The van der Waals surface area contributed by atoms with E-state index in [0.717, 1.165) is 44.0 Å². The summed E-state index contributed by atoms with van der Waals surface area (Å²) in [5.74, 6) is 2.40. The molecule has 0 unspecified atom stereocenters. The quantitative estimate of drug-likeness (QED) is 0.822. The number of ether oxygens (including phenoxy) is 2. The van der Waals surface area contributed by atoms with Crippen molar-refractivity contribution in [1.29, 1.82) is 0 Å². The van der Waals surface area contributed by atoms with Crippen LogP contribution in [0.5, 0.6) is 11.5 Å². The average Bonchev–Trinajstić information content (AvgIpc) is 2.95. The van der Waals surface area contributed by atoms with Crippen LogP contribution in [0.25, 0.3) is 0 Å². The minimum atomic E-state index is -0.580. The largest absolute Gasteiger partial charge is 0.492 e. The Kier molecular flexibility index (Phi) is 5.89. The predicted octanol–water partition coefficient (Wildman–Crippen LogP) is 1.73. The van der Waals surface area contributed by atoms with Gasteiger partial charge in [0.15, 0.2) is 0 Å². The third-order valence-corrected chi connectivity index (χ3v) is 4.95. The van der Waals surface area contributed by atoms with Crippen LogP contribution in [0, 0.1) is 0 Å². The topological polar surface area (TPSA) is 66.4 Å². The zero-order chi connectivity index (χ0) is 19.4. The molecule has 0 aromatic heterocycles. The molecule has 0 atom stereocenters. The van der Waals surface area contributed by atoms with Gasteiger partial charge in [-0.1, -0.05) is 0 Å². The molecule has 1 aromatic rings. The molecule has 27 heavy (non-hydrogen) atoms. The van der Waals surface area contributed by atoms with E-state index in [2.05, 4.69) is 15.2 Å². The van der Waals surface area contributed by atoms with Gasteiger partial charge >= 0.3 is 0 Å². The Hall–Kier alpha value is -2.28. The van der Waals surface area contributed by atoms with E-state index in [0.29, 0.717) is 12.6 Å². The van der Waals surface area contributed by atoms with Gasteiger partial charge in [0.25, 0.3) is 5.91 Å². The van der Waals surface area contributed by atoms with Crippen molar-refractivity contribution in [2.24, 2.45) is 4.99 Å². The van der Waals surface area contributed by atoms with Gasteiger partial charge in [-0.15, -0.1) is 0 Å². The summed E-state index contributed by atoms with van der Waals surface area (Å²) in [7, 11) is 3.79. The third-order valence-electron chi connectivity index (χ3n) is 4.95. The van der Waals surface area contributed by atoms with Crippen molar-refractivity contribution in [3.8, 4) is 11.5 Å². The summed E-state index contributed by atoms with van der Waals surface area (Å²) in [6.07, 6.45) is 1.66. The van der Waals surface area contributed by atoms with Crippen LogP contribution in [-0.4, -0.2) is 73.6 Å². The number of nitrogens with one attached hydrogen (secondary N) is 1. The van der Waals surface area contributed by atoms with Gasteiger partial charge in [-0.3, -0.25) is 15.0 Å². The SMILES string of the molecule is CC(C)Oc1ccc(OCCN2CCC3(CC2)N=C(N(C)C)NC3=O)cc1. The van der Waals surface area contributed by atoms with E-state index < -0.39 is 5.54 Å². The van der Waals surface area contributed by atoms with Crippen LogP contribution in [0.1, 0.15) is 26.7 Å². The van der Waals surface area contributed by atoms with Gasteiger partial charge in [0, 0.05) is 33.7 Å². The molecule has 148 valence electrons. The molecule has 1 fully saturated rings. The third kappa shape index (κ3) is 4.71. The molecule has 1 amide bonds. The molecule has 7 heteroatoms. The molecular weight excluding hydrogens is 344 g/mol. The number of rotatable bonds is 6. The normalized spacial score (nSPS) is 19.1. The Morgan fingerprint density at radius 2 is 1.81 bits per heavy atom. The smallest absolute Gasteiger partial charge is 0.254 e. The van der Waals surface area contributed by atoms with E-state index in [9.17, 15) is 4.79 Å². The molecule has 0 bridgehead atoms. The van der Waals surface area contributed by atoms with Gasteiger partial charge in [0.1, 0.15) is 23.6 Å². The fourth-order valence-corrected chi connectivity index (χ4v) is 3.38. The summed E-state index contributed by atoms with van der Waals surface area (Å²) in [5.41, 5.74) is -0.580. The summed E-state index contributed by atoms with van der Waals surface area (Å²) >= 11 is 0. The molecule has 0 radical (unpaired) electrons. The van der Waals surface area contributed by atoms with Gasteiger partial charge in [0.2, 0.25) is 5.96 Å². The lowest BCUT2D eigenvalue weighted by Crippen LogP contribution is -2.49. The number of aliphatic imine (C=N–C) groups is 1. The lowest BCUT2D eigenvalue weighted by molar-refractivity contribution is -0.125. The number of hydrogen-bond acceptors (Lipinski definition) is 6. The molecule has 2 aliphatic rings. The molecule has 7 nitrogen and oxygen atoms in total. The first kappa shape index (κ1) is 19.5. The lowest BCUT2D eigenvalue weighted by atomic mass is 9.88. The second-order valence-corrected chi connectivity index (χ2v) is 7.64. The number of likely N-dealkylation sites (tertiary alicyclic amines) is 1. The van der Waals surface area contributed by atoms with E-state index in [4.69, 9.17) is 9.47 Å². The van der Waals surface area contributed by atoms with Crippen LogP contribution in [0.2, 0.25) is 0 Å². The number of amides is 1. The van der Waals surface area contributed by atoms with Gasteiger partial charge < -0.3 is 14.4 Å². The Morgan fingerprint density at radius 1 is 1.19 bits per heavy atom. The molecule has 0 aliphatic carbocycles. The molecule has 2 aliphatic heterocycles. The zero-order valence-corrected chi connectivity index (χ0v) is 16.7. The standard InChI is InChI=1S/C20H30N4O3/c1-15(2)27-17-7-5-16(6-8-17)26-14-13-24-11-9-20(10-12-24)18(25)21-19(22-20)23(3)4/h5-8,15H,9-14H2,1-4H3,(H,21,22,25). The molecule has 1 saturated heterocycles. The van der Waals surface area contributed by atoms with Crippen LogP contribution in [0.15, 0.2) is 29.3 Å². The first-order chi connectivity index (χ1) is 12.9. The van der Waals surface area contributed by atoms with Crippen LogP contribution >= 0.6 is 0 Å². The number of hydrogen-bond donors (Lipinski definition) is 1. The van der Waals surface area contributed by atoms with Crippen molar-refractivity contribution in [3.63, 3.8) is 0 Å². The zero-order valence-electron chi connectivity index (χ0n) is 16.7. The van der Waals surface area contributed by atoms with Crippen molar-refractivity contribution in [3.05, 3.63) is 24.3 Å². The van der Waals surface area contributed by atoms with E-state index in [1.165, 1.54) is 0 Å². The predicted molar refractivity (Wildman–Crippen MR) is 105 cm³/mol. The molecule has 0 saturated carbocycles. The summed E-state index contributed by atoms with van der Waals surface area (Å²) in [4.78, 5) is 21.2. The van der Waals surface area contributed by atoms with Gasteiger partial charge in [-0.05, 0) is 51.0 Å². The monoisotopic (exact) mass is 374 g/mol. The minimum Gasteiger partial charge on any atom is -0.492 e. The maximum absolute atomic E-state index is 12.4. The van der Waals surface area contributed by atoms with Crippen LogP contribution in [-0.2, 0) is 4.79 Å². The second-order valence-electron chi connectivity index (χ2n) is 7.64. The van der Waals surface area contributed by atoms with Crippen LogP contribution in [0.3, 0.4) is 0 Å². The van der Waals surface area contributed by atoms with Gasteiger partial charge in [-0.2, -0.15) is 0 Å². The van der Waals surface area contributed by atoms with Gasteiger partial charge in [-0.25, -0.2) is 4.99 Å². The van der Waals surface area contributed by atoms with E-state index in [1.54, 1.807) is 0 Å². The molecule has 3 rings (SSSR count). The summed E-state index contributed by atoms with van der Waals surface area (Å²) in [6.45, 7) is 7.18. The highest BCUT2D eigenvalue weighted by Gasteiger charge is 2.46. The number of carbonyl (C=O) groups is 1. The fraction of sp³-hybridized carbons (Fsp3) is 0.600.